The van der Waals surface area contributed by atoms with Gasteiger partial charge in [0.25, 0.3) is 0 Å². The summed E-state index contributed by atoms with van der Waals surface area (Å²) in [6, 6.07) is 0. The molecule has 0 amide bonds. The van der Waals surface area contributed by atoms with E-state index in [0.717, 1.165) is 36.3 Å². The summed E-state index contributed by atoms with van der Waals surface area (Å²) in [4.78, 5) is 10.2. The molecule has 0 spiro atoms. The molecule has 3 fully saturated rings. The average molecular weight is 344 g/mol. The number of rotatable bonds is 2. The molecular weight excluding hydrogens is 312 g/mol. The van der Waals surface area contributed by atoms with Crippen LogP contribution in [0.15, 0.2) is 22.0 Å². The highest BCUT2D eigenvalue weighted by Crippen LogP contribution is 2.64. The van der Waals surface area contributed by atoms with Crippen LogP contribution in [0.2, 0.25) is 0 Å². The highest BCUT2D eigenvalue weighted by molar-refractivity contribution is 5.96. The predicted molar refractivity (Wildman–Crippen MR) is 101 cm³/mol. The smallest absolute Gasteiger partial charge is 0.106 e. The fraction of sp³-hybridized carbons (Fsp3) is 0.810. The molecule has 0 heterocycles. The van der Waals surface area contributed by atoms with E-state index in [2.05, 4.69) is 30.2 Å². The fourth-order valence-electron chi connectivity index (χ4n) is 6.81. The quantitative estimate of drug-likeness (QED) is 0.665. The van der Waals surface area contributed by atoms with Gasteiger partial charge in [0.05, 0.1) is 11.4 Å². The average Bonchev–Trinajstić information content (AvgIpc) is 2.93. The van der Waals surface area contributed by atoms with Crippen LogP contribution < -0.4 is 0 Å². The van der Waals surface area contributed by atoms with Crippen molar-refractivity contribution in [3.05, 3.63) is 11.6 Å². The summed E-state index contributed by atoms with van der Waals surface area (Å²) >= 11 is 0. The van der Waals surface area contributed by atoms with Gasteiger partial charge >= 0.3 is 0 Å². The minimum absolute atomic E-state index is 0.270. The molecule has 0 saturated heterocycles. The summed E-state index contributed by atoms with van der Waals surface area (Å²) in [6.45, 7) is 4.98. The Bertz CT molecular complexity index is 638. The van der Waals surface area contributed by atoms with Crippen molar-refractivity contribution < 1.29 is 9.68 Å². The molecule has 0 radical (unpaired) electrons. The van der Waals surface area contributed by atoms with Crippen LogP contribution in [-0.4, -0.2) is 25.6 Å². The van der Waals surface area contributed by atoms with Gasteiger partial charge in [0, 0.05) is 5.41 Å². The first-order chi connectivity index (χ1) is 12.0. The van der Waals surface area contributed by atoms with Gasteiger partial charge < -0.3 is 9.68 Å². The van der Waals surface area contributed by atoms with Gasteiger partial charge in [-0.15, -0.1) is 0 Å². The molecule has 25 heavy (non-hydrogen) atoms. The molecule has 0 unspecified atom stereocenters. The zero-order valence-corrected chi connectivity index (χ0v) is 16.2. The first kappa shape index (κ1) is 17.1. The number of fused-ring (bicyclic) bond motifs is 5. The zero-order chi connectivity index (χ0) is 17.7. The Labute approximate surface area is 151 Å². The molecule has 4 aliphatic carbocycles. The molecule has 0 N–H and O–H groups in total. The van der Waals surface area contributed by atoms with Crippen LogP contribution in [0, 0.1) is 28.6 Å². The van der Waals surface area contributed by atoms with Gasteiger partial charge in [-0.05, 0) is 80.6 Å². The number of hydrogen-bond acceptors (Lipinski definition) is 4. The first-order valence-electron chi connectivity index (χ1n) is 9.94. The van der Waals surface area contributed by atoms with Crippen LogP contribution in [0.3, 0.4) is 0 Å². The molecule has 138 valence electrons. The monoisotopic (exact) mass is 344 g/mol. The predicted octanol–water partition coefficient (Wildman–Crippen LogP) is 4.95. The Kier molecular flexibility index (Phi) is 4.20. The molecule has 3 saturated carbocycles. The van der Waals surface area contributed by atoms with E-state index in [0.29, 0.717) is 5.41 Å². The minimum atomic E-state index is 0.270. The van der Waals surface area contributed by atoms with Crippen molar-refractivity contribution in [1.82, 2.24) is 0 Å². The number of allylic oxidation sites excluding steroid dienone is 2. The highest BCUT2D eigenvalue weighted by atomic mass is 16.6. The fourth-order valence-corrected chi connectivity index (χ4v) is 6.81. The summed E-state index contributed by atoms with van der Waals surface area (Å²) in [5.74, 6) is 2.44. The number of oxime groups is 2. The highest BCUT2D eigenvalue weighted by Gasteiger charge is 2.58. The van der Waals surface area contributed by atoms with Crippen LogP contribution in [-0.2, 0) is 9.68 Å². The van der Waals surface area contributed by atoms with Crippen LogP contribution in [0.5, 0.6) is 0 Å². The van der Waals surface area contributed by atoms with Crippen LogP contribution >= 0.6 is 0 Å². The number of hydrogen-bond donors (Lipinski definition) is 0. The van der Waals surface area contributed by atoms with Crippen LogP contribution in [0.4, 0.5) is 0 Å². The van der Waals surface area contributed by atoms with Crippen molar-refractivity contribution in [3.63, 3.8) is 0 Å². The SMILES string of the molecule is CON=C1C=C2CC[C@@H]3[C@H](CC[C@]4(C)C(=NOC)CC[C@@H]34)[C@@]2(C)CC1. The van der Waals surface area contributed by atoms with Crippen molar-refractivity contribution in [2.75, 3.05) is 14.2 Å². The summed E-state index contributed by atoms with van der Waals surface area (Å²) in [5, 5.41) is 8.64. The maximum atomic E-state index is 5.17. The normalized spacial score (nSPS) is 46.2. The lowest BCUT2D eigenvalue weighted by atomic mass is 9.47. The van der Waals surface area contributed by atoms with E-state index >= 15 is 0 Å². The van der Waals surface area contributed by atoms with Gasteiger partial charge in [-0.25, -0.2) is 0 Å². The molecule has 0 aromatic heterocycles. The minimum Gasteiger partial charge on any atom is -0.399 e. The second-order valence-electron chi connectivity index (χ2n) is 8.98. The van der Waals surface area contributed by atoms with E-state index in [9.17, 15) is 0 Å². The van der Waals surface area contributed by atoms with Crippen molar-refractivity contribution >= 4 is 11.4 Å². The van der Waals surface area contributed by atoms with E-state index in [4.69, 9.17) is 9.68 Å². The van der Waals surface area contributed by atoms with Crippen LogP contribution in [0.1, 0.15) is 65.2 Å². The Hall–Kier alpha value is -1.32. The Morgan fingerprint density at radius 3 is 2.40 bits per heavy atom. The second kappa shape index (κ2) is 6.14. The second-order valence-corrected chi connectivity index (χ2v) is 8.98. The van der Waals surface area contributed by atoms with E-state index in [1.807, 2.05) is 0 Å². The molecule has 5 atom stereocenters. The lowest BCUT2D eigenvalue weighted by Gasteiger charge is -2.57. The van der Waals surface area contributed by atoms with Gasteiger partial charge in [-0.2, -0.15) is 0 Å². The molecule has 0 aromatic carbocycles. The standard InChI is InChI=1S/C21H32N2O2/c1-20-11-9-15(22-24-3)13-14(20)5-6-16-17-7-8-19(23-25-4)21(17,2)12-10-18(16)20/h13,16-18H,5-12H2,1-4H3/t16-,17-,18-,20-,21-/m0/s1. The Balaban J connectivity index is 1.64. The Morgan fingerprint density at radius 2 is 1.64 bits per heavy atom. The van der Waals surface area contributed by atoms with Gasteiger partial charge in [0.1, 0.15) is 14.2 Å². The van der Waals surface area contributed by atoms with Gasteiger partial charge in [0.2, 0.25) is 0 Å². The first-order valence-corrected chi connectivity index (χ1v) is 9.94. The number of nitrogens with zero attached hydrogens (tertiary/aromatic N) is 2. The van der Waals surface area contributed by atoms with Gasteiger partial charge in [-0.1, -0.05) is 29.7 Å². The maximum absolute atomic E-state index is 5.17. The van der Waals surface area contributed by atoms with Gasteiger partial charge in [0.15, 0.2) is 0 Å². The summed E-state index contributed by atoms with van der Waals surface area (Å²) in [7, 11) is 3.34. The van der Waals surface area contributed by atoms with Crippen molar-refractivity contribution in [2.24, 2.45) is 38.9 Å². The third kappa shape index (κ3) is 2.47. The molecular formula is C21H32N2O2. The third-order valence-corrected chi connectivity index (χ3v) is 8.13. The largest absolute Gasteiger partial charge is 0.399 e. The zero-order valence-electron chi connectivity index (χ0n) is 16.2. The van der Waals surface area contributed by atoms with Crippen molar-refractivity contribution in [3.8, 4) is 0 Å². The van der Waals surface area contributed by atoms with E-state index in [1.165, 1.54) is 44.2 Å². The van der Waals surface area contributed by atoms with Crippen LogP contribution in [0.25, 0.3) is 0 Å². The molecule has 4 rings (SSSR count). The van der Waals surface area contributed by atoms with Crippen molar-refractivity contribution in [2.45, 2.75) is 65.2 Å². The molecule has 4 aliphatic rings. The summed E-state index contributed by atoms with van der Waals surface area (Å²) in [6.07, 6.45) is 12.2. The summed E-state index contributed by atoms with van der Waals surface area (Å²) in [5.41, 5.74) is 4.71. The van der Waals surface area contributed by atoms with Gasteiger partial charge in [-0.3, -0.25) is 0 Å². The maximum Gasteiger partial charge on any atom is 0.106 e. The Morgan fingerprint density at radius 1 is 0.880 bits per heavy atom. The molecule has 4 heteroatoms. The van der Waals surface area contributed by atoms with E-state index in [1.54, 1.807) is 19.8 Å². The topological polar surface area (TPSA) is 43.2 Å². The van der Waals surface area contributed by atoms with E-state index in [-0.39, 0.29) is 5.41 Å². The lowest BCUT2D eigenvalue weighted by Crippen LogP contribution is -2.50. The summed E-state index contributed by atoms with van der Waals surface area (Å²) < 4.78 is 0. The molecule has 0 bridgehead atoms. The third-order valence-electron chi connectivity index (χ3n) is 8.13. The van der Waals surface area contributed by atoms with E-state index < -0.39 is 0 Å². The molecule has 4 nitrogen and oxygen atoms in total. The molecule has 0 aromatic rings. The molecule has 0 aliphatic heterocycles. The van der Waals surface area contributed by atoms with Crippen molar-refractivity contribution in [1.29, 1.82) is 0 Å². The lowest BCUT2D eigenvalue weighted by molar-refractivity contribution is -0.0163.